The van der Waals surface area contributed by atoms with Crippen molar-refractivity contribution in [2.24, 2.45) is 4.99 Å². The first-order valence-electron chi connectivity index (χ1n) is 6.61. The van der Waals surface area contributed by atoms with Gasteiger partial charge in [0.1, 0.15) is 5.01 Å². The van der Waals surface area contributed by atoms with E-state index in [1.807, 2.05) is 35.7 Å². The molecule has 0 spiro atoms. The molecule has 0 aliphatic carbocycles. The number of aliphatic imine (C=N–C) groups is 1. The number of nitrogens with zero attached hydrogens (tertiary/aromatic N) is 2. The van der Waals surface area contributed by atoms with Crippen LogP contribution in [0.1, 0.15) is 12.0 Å². The number of nitrogens with one attached hydrogen (secondary N) is 1. The molecule has 0 saturated carbocycles. The smallest absolute Gasteiger partial charge is 0.211 e. The Kier molecular flexibility index (Phi) is 4.46. The van der Waals surface area contributed by atoms with E-state index in [1.54, 1.807) is 23.7 Å². The Bertz CT molecular complexity index is 779. The normalized spacial score (nSPS) is 14.0. The molecule has 1 aliphatic rings. The molecule has 1 amide bonds. The summed E-state index contributed by atoms with van der Waals surface area (Å²) in [6, 6.07) is 5.81. The van der Waals surface area contributed by atoms with Crippen LogP contribution in [-0.2, 0) is 4.79 Å². The third-order valence-corrected chi connectivity index (χ3v) is 4.30. The zero-order valence-corrected chi connectivity index (χ0v) is 13.1. The van der Waals surface area contributed by atoms with Gasteiger partial charge in [0.2, 0.25) is 6.41 Å². The SMILES string of the molecule is O=CNC1=CN=C(c2cc(-c3nccs3)ccc2Cl)CC=C1. The second-order valence-corrected chi connectivity index (χ2v) is 5.86. The lowest BCUT2D eigenvalue weighted by Gasteiger charge is -2.07. The second-order valence-electron chi connectivity index (χ2n) is 4.56. The number of aromatic nitrogens is 1. The van der Waals surface area contributed by atoms with E-state index in [2.05, 4.69) is 15.3 Å². The Hall–Kier alpha value is -2.24. The fraction of sp³-hybridized carbons (Fsp3) is 0.0625. The number of thiazole rings is 1. The van der Waals surface area contributed by atoms with Gasteiger partial charge in [0.25, 0.3) is 0 Å². The lowest BCUT2D eigenvalue weighted by Crippen LogP contribution is -2.07. The number of carbonyl (C=O) groups is 1. The molecule has 0 atom stereocenters. The molecular weight excluding hydrogens is 318 g/mol. The number of hydrogen-bond acceptors (Lipinski definition) is 4. The van der Waals surface area contributed by atoms with Crippen molar-refractivity contribution < 1.29 is 4.79 Å². The molecule has 1 aromatic carbocycles. The van der Waals surface area contributed by atoms with E-state index in [1.165, 1.54) is 0 Å². The maximum absolute atomic E-state index is 10.5. The molecule has 110 valence electrons. The predicted molar refractivity (Wildman–Crippen MR) is 90.1 cm³/mol. The monoisotopic (exact) mass is 329 g/mol. The highest BCUT2D eigenvalue weighted by molar-refractivity contribution is 7.13. The number of carbonyl (C=O) groups excluding carboxylic acids is 1. The molecule has 0 saturated heterocycles. The Morgan fingerprint density at radius 3 is 3.05 bits per heavy atom. The highest BCUT2D eigenvalue weighted by Crippen LogP contribution is 2.28. The number of amides is 1. The van der Waals surface area contributed by atoms with Crippen LogP contribution >= 0.6 is 22.9 Å². The number of halogens is 1. The molecule has 0 bridgehead atoms. The van der Waals surface area contributed by atoms with Gasteiger partial charge in [-0.25, -0.2) is 4.98 Å². The third kappa shape index (κ3) is 3.16. The summed E-state index contributed by atoms with van der Waals surface area (Å²) in [5.41, 5.74) is 3.39. The first-order chi connectivity index (χ1) is 10.8. The van der Waals surface area contributed by atoms with E-state index in [0.717, 1.165) is 21.8 Å². The summed E-state index contributed by atoms with van der Waals surface area (Å²) in [4.78, 5) is 19.3. The summed E-state index contributed by atoms with van der Waals surface area (Å²) in [6.45, 7) is 0. The van der Waals surface area contributed by atoms with Gasteiger partial charge in [-0.2, -0.15) is 0 Å². The van der Waals surface area contributed by atoms with E-state index in [4.69, 9.17) is 11.6 Å². The Morgan fingerprint density at radius 1 is 1.36 bits per heavy atom. The number of hydrogen-bond donors (Lipinski definition) is 1. The Balaban J connectivity index is 1.99. The first-order valence-corrected chi connectivity index (χ1v) is 7.87. The van der Waals surface area contributed by atoms with E-state index >= 15 is 0 Å². The van der Waals surface area contributed by atoms with Crippen molar-refractivity contribution in [1.82, 2.24) is 10.3 Å². The molecule has 3 rings (SSSR count). The van der Waals surface area contributed by atoms with Crippen LogP contribution in [0.3, 0.4) is 0 Å². The Labute approximate surface area is 136 Å². The summed E-state index contributed by atoms with van der Waals surface area (Å²) in [5, 5.41) is 6.12. The molecule has 0 radical (unpaired) electrons. The standard InChI is InChI=1S/C16H12ClN3OS/c17-14-5-4-11(16-18-6-7-22-16)8-13(14)15-3-1-2-12(9-19-15)20-10-21/h1-2,4-10H,3H2,(H,20,21). The number of benzene rings is 1. The topological polar surface area (TPSA) is 54.4 Å². The molecule has 0 fully saturated rings. The van der Waals surface area contributed by atoms with Gasteiger partial charge in [-0.3, -0.25) is 9.79 Å². The minimum Gasteiger partial charge on any atom is -0.327 e. The van der Waals surface area contributed by atoms with Gasteiger partial charge >= 0.3 is 0 Å². The van der Waals surface area contributed by atoms with Crippen LogP contribution in [0.4, 0.5) is 0 Å². The van der Waals surface area contributed by atoms with Crippen molar-refractivity contribution in [1.29, 1.82) is 0 Å². The van der Waals surface area contributed by atoms with E-state index in [0.29, 0.717) is 23.6 Å². The molecule has 1 aromatic heterocycles. The summed E-state index contributed by atoms with van der Waals surface area (Å²) in [7, 11) is 0. The van der Waals surface area contributed by atoms with Gasteiger partial charge < -0.3 is 5.32 Å². The van der Waals surface area contributed by atoms with Crippen LogP contribution in [0.25, 0.3) is 10.6 Å². The largest absolute Gasteiger partial charge is 0.327 e. The maximum atomic E-state index is 10.5. The zero-order valence-electron chi connectivity index (χ0n) is 11.5. The lowest BCUT2D eigenvalue weighted by molar-refractivity contribution is -0.108. The van der Waals surface area contributed by atoms with Crippen LogP contribution in [-0.4, -0.2) is 17.1 Å². The van der Waals surface area contributed by atoms with Gasteiger partial charge in [0, 0.05) is 34.1 Å². The first kappa shape index (κ1) is 14.7. The lowest BCUT2D eigenvalue weighted by atomic mass is 10.0. The van der Waals surface area contributed by atoms with E-state index < -0.39 is 0 Å². The fourth-order valence-electron chi connectivity index (χ4n) is 2.12. The summed E-state index contributed by atoms with van der Waals surface area (Å²) in [6.07, 6.45) is 8.44. The highest BCUT2D eigenvalue weighted by Gasteiger charge is 2.11. The van der Waals surface area contributed by atoms with Gasteiger partial charge in [0.15, 0.2) is 0 Å². The average molecular weight is 330 g/mol. The van der Waals surface area contributed by atoms with Crippen molar-refractivity contribution in [3.8, 4) is 10.6 Å². The molecule has 1 N–H and O–H groups in total. The minimum absolute atomic E-state index is 0.632. The van der Waals surface area contributed by atoms with Crippen LogP contribution in [0.2, 0.25) is 5.02 Å². The summed E-state index contributed by atoms with van der Waals surface area (Å²) in [5.74, 6) is 0. The van der Waals surface area contributed by atoms with Gasteiger partial charge in [0.05, 0.1) is 17.6 Å². The van der Waals surface area contributed by atoms with Gasteiger partial charge in [-0.15, -0.1) is 11.3 Å². The van der Waals surface area contributed by atoms with E-state index in [-0.39, 0.29) is 0 Å². The van der Waals surface area contributed by atoms with Crippen LogP contribution in [0.5, 0.6) is 0 Å². The Morgan fingerprint density at radius 2 is 2.27 bits per heavy atom. The van der Waals surface area contributed by atoms with Gasteiger partial charge in [-0.05, 0) is 18.2 Å². The van der Waals surface area contributed by atoms with Crippen molar-refractivity contribution in [3.05, 3.63) is 64.4 Å². The quantitative estimate of drug-likeness (QED) is 0.867. The molecule has 6 heteroatoms. The van der Waals surface area contributed by atoms with Crippen LogP contribution < -0.4 is 5.32 Å². The van der Waals surface area contributed by atoms with Crippen LogP contribution in [0, 0.1) is 0 Å². The number of rotatable bonds is 4. The fourth-order valence-corrected chi connectivity index (χ4v) is 2.98. The average Bonchev–Trinajstić information content (AvgIpc) is 2.96. The maximum Gasteiger partial charge on any atom is 0.211 e. The third-order valence-electron chi connectivity index (χ3n) is 3.15. The summed E-state index contributed by atoms with van der Waals surface area (Å²) < 4.78 is 0. The highest BCUT2D eigenvalue weighted by atomic mass is 35.5. The van der Waals surface area contributed by atoms with Crippen molar-refractivity contribution in [3.63, 3.8) is 0 Å². The molecular formula is C16H12ClN3OS. The van der Waals surface area contributed by atoms with Crippen molar-refractivity contribution in [2.45, 2.75) is 6.42 Å². The van der Waals surface area contributed by atoms with Crippen molar-refractivity contribution >= 4 is 35.1 Å². The second kappa shape index (κ2) is 6.68. The van der Waals surface area contributed by atoms with Crippen molar-refractivity contribution in [2.75, 3.05) is 0 Å². The molecule has 22 heavy (non-hydrogen) atoms. The summed E-state index contributed by atoms with van der Waals surface area (Å²) >= 11 is 7.91. The van der Waals surface area contributed by atoms with Gasteiger partial charge in [-0.1, -0.05) is 23.7 Å². The predicted octanol–water partition coefficient (Wildman–Crippen LogP) is 3.80. The molecule has 0 unspecified atom stereocenters. The van der Waals surface area contributed by atoms with Crippen LogP contribution in [0.15, 0.2) is 58.8 Å². The van der Waals surface area contributed by atoms with E-state index in [9.17, 15) is 4.79 Å². The number of allylic oxidation sites excluding steroid dienone is 2. The molecule has 1 aliphatic heterocycles. The zero-order chi connectivity index (χ0) is 15.4. The molecule has 4 nitrogen and oxygen atoms in total. The molecule has 2 heterocycles. The molecule has 2 aromatic rings. The minimum atomic E-state index is 0.632.